The van der Waals surface area contributed by atoms with Gasteiger partial charge in [-0.3, -0.25) is 5.10 Å². The number of fused-ring (bicyclic) bond motifs is 1. The summed E-state index contributed by atoms with van der Waals surface area (Å²) in [7, 11) is 0. The molecule has 1 aromatic carbocycles. The van der Waals surface area contributed by atoms with E-state index in [9.17, 15) is 0 Å². The molecule has 0 aliphatic carbocycles. The molecule has 0 spiro atoms. The minimum Gasteiger partial charge on any atom is -0.473 e. The zero-order valence-corrected chi connectivity index (χ0v) is 12.6. The van der Waals surface area contributed by atoms with Crippen molar-refractivity contribution in [1.82, 2.24) is 15.2 Å². The standard InChI is InChI=1S/C15H14BrN3O/c1-10-14-13(8-17-19-14)12(7-16)15(18-10)20-9-11-5-3-2-4-6-11/h2-6,8H,7,9H2,1H3,(H,17,19). The average molecular weight is 332 g/mol. The van der Waals surface area contributed by atoms with E-state index in [1.54, 1.807) is 0 Å². The van der Waals surface area contributed by atoms with Crippen molar-refractivity contribution in [3.05, 3.63) is 53.3 Å². The Morgan fingerprint density at radius 2 is 2.05 bits per heavy atom. The molecule has 0 saturated heterocycles. The number of nitrogens with zero attached hydrogens (tertiary/aromatic N) is 2. The number of aromatic nitrogens is 3. The van der Waals surface area contributed by atoms with Crippen LogP contribution in [0.5, 0.6) is 5.88 Å². The van der Waals surface area contributed by atoms with Crippen molar-refractivity contribution in [1.29, 1.82) is 0 Å². The predicted molar refractivity (Wildman–Crippen MR) is 82.0 cm³/mol. The second-order valence-electron chi connectivity index (χ2n) is 4.55. The quantitative estimate of drug-likeness (QED) is 0.741. The van der Waals surface area contributed by atoms with E-state index in [1.165, 1.54) is 0 Å². The molecule has 102 valence electrons. The van der Waals surface area contributed by atoms with Crippen molar-refractivity contribution in [3.63, 3.8) is 0 Å². The molecule has 0 unspecified atom stereocenters. The Bertz CT molecular complexity index is 725. The summed E-state index contributed by atoms with van der Waals surface area (Å²) in [5, 5.41) is 8.80. The van der Waals surface area contributed by atoms with Crippen LogP contribution in [0.4, 0.5) is 0 Å². The van der Waals surface area contributed by atoms with Crippen LogP contribution in [-0.4, -0.2) is 15.2 Å². The molecule has 4 nitrogen and oxygen atoms in total. The maximum atomic E-state index is 5.89. The van der Waals surface area contributed by atoms with E-state index in [0.29, 0.717) is 17.8 Å². The van der Waals surface area contributed by atoms with E-state index in [4.69, 9.17) is 4.74 Å². The van der Waals surface area contributed by atoms with Crippen molar-refractivity contribution < 1.29 is 4.74 Å². The van der Waals surface area contributed by atoms with Crippen LogP contribution in [-0.2, 0) is 11.9 Å². The molecule has 5 heteroatoms. The van der Waals surface area contributed by atoms with Gasteiger partial charge < -0.3 is 4.74 Å². The van der Waals surface area contributed by atoms with E-state index in [0.717, 1.165) is 27.7 Å². The van der Waals surface area contributed by atoms with Gasteiger partial charge in [0.05, 0.1) is 17.4 Å². The molecule has 0 fully saturated rings. The summed E-state index contributed by atoms with van der Waals surface area (Å²) in [5.41, 5.74) is 4.01. The van der Waals surface area contributed by atoms with Gasteiger partial charge in [-0.25, -0.2) is 4.98 Å². The number of aromatic amines is 1. The normalized spacial score (nSPS) is 10.9. The van der Waals surface area contributed by atoms with Crippen molar-refractivity contribution in [2.75, 3.05) is 0 Å². The first-order valence-corrected chi connectivity index (χ1v) is 7.47. The van der Waals surface area contributed by atoms with Crippen molar-refractivity contribution in [2.45, 2.75) is 18.9 Å². The molecule has 1 N–H and O–H groups in total. The predicted octanol–water partition coefficient (Wildman–Crippen LogP) is 3.74. The molecule has 0 saturated carbocycles. The Kier molecular flexibility index (Phi) is 3.69. The Labute approximate surface area is 125 Å². The number of nitrogens with one attached hydrogen (secondary N) is 1. The zero-order valence-electron chi connectivity index (χ0n) is 11.1. The van der Waals surface area contributed by atoms with Gasteiger partial charge in [-0.1, -0.05) is 46.3 Å². The first-order valence-electron chi connectivity index (χ1n) is 6.35. The number of ether oxygens (including phenoxy) is 1. The maximum absolute atomic E-state index is 5.89. The van der Waals surface area contributed by atoms with Crippen LogP contribution in [0.15, 0.2) is 36.5 Å². The van der Waals surface area contributed by atoms with Gasteiger partial charge in [0, 0.05) is 16.3 Å². The fraction of sp³-hybridized carbons (Fsp3) is 0.200. The lowest BCUT2D eigenvalue weighted by Gasteiger charge is -2.11. The average Bonchev–Trinajstić information content (AvgIpc) is 2.96. The SMILES string of the molecule is Cc1nc(OCc2ccccc2)c(CBr)c2cn[nH]c12. The van der Waals surface area contributed by atoms with Gasteiger partial charge in [-0.2, -0.15) is 5.10 Å². The monoisotopic (exact) mass is 331 g/mol. The summed E-state index contributed by atoms with van der Waals surface area (Å²) in [6.45, 7) is 2.46. The summed E-state index contributed by atoms with van der Waals surface area (Å²) in [5.74, 6) is 0.664. The fourth-order valence-corrected chi connectivity index (χ4v) is 2.70. The molecule has 3 aromatic rings. The minimum atomic E-state index is 0.511. The Hall–Kier alpha value is -1.88. The van der Waals surface area contributed by atoms with Gasteiger partial charge >= 0.3 is 0 Å². The van der Waals surface area contributed by atoms with E-state index in [2.05, 4.69) is 31.1 Å². The Morgan fingerprint density at radius 1 is 1.25 bits per heavy atom. The van der Waals surface area contributed by atoms with Gasteiger partial charge in [0.25, 0.3) is 0 Å². The van der Waals surface area contributed by atoms with E-state index in [1.807, 2.05) is 43.5 Å². The highest BCUT2D eigenvalue weighted by atomic mass is 79.9. The van der Waals surface area contributed by atoms with E-state index in [-0.39, 0.29) is 0 Å². The van der Waals surface area contributed by atoms with E-state index < -0.39 is 0 Å². The van der Waals surface area contributed by atoms with Crippen LogP contribution in [0.1, 0.15) is 16.8 Å². The van der Waals surface area contributed by atoms with Gasteiger partial charge in [0.2, 0.25) is 5.88 Å². The molecule has 0 atom stereocenters. The van der Waals surface area contributed by atoms with Crippen molar-refractivity contribution >= 4 is 26.8 Å². The largest absolute Gasteiger partial charge is 0.473 e. The third-order valence-corrected chi connectivity index (χ3v) is 3.77. The minimum absolute atomic E-state index is 0.511. The molecule has 0 amide bonds. The zero-order chi connectivity index (χ0) is 13.9. The number of rotatable bonds is 4. The highest BCUT2D eigenvalue weighted by molar-refractivity contribution is 9.08. The Balaban J connectivity index is 1.94. The number of hydrogen-bond donors (Lipinski definition) is 1. The summed E-state index contributed by atoms with van der Waals surface area (Å²) in [6, 6.07) is 10.1. The fourth-order valence-electron chi connectivity index (χ4n) is 2.16. The van der Waals surface area contributed by atoms with Crippen LogP contribution in [0.2, 0.25) is 0 Å². The van der Waals surface area contributed by atoms with Crippen molar-refractivity contribution in [2.24, 2.45) is 0 Å². The summed E-state index contributed by atoms with van der Waals surface area (Å²) in [6.07, 6.45) is 1.82. The van der Waals surface area contributed by atoms with Crippen LogP contribution in [0, 0.1) is 6.92 Å². The lowest BCUT2D eigenvalue weighted by atomic mass is 10.1. The number of alkyl halides is 1. The molecule has 20 heavy (non-hydrogen) atoms. The van der Waals surface area contributed by atoms with Gasteiger partial charge in [0.15, 0.2) is 0 Å². The van der Waals surface area contributed by atoms with Crippen LogP contribution in [0.25, 0.3) is 10.9 Å². The first kappa shape index (κ1) is 13.1. The summed E-state index contributed by atoms with van der Waals surface area (Å²) >= 11 is 3.50. The second-order valence-corrected chi connectivity index (χ2v) is 5.11. The van der Waals surface area contributed by atoms with Crippen molar-refractivity contribution in [3.8, 4) is 5.88 Å². The Morgan fingerprint density at radius 3 is 2.80 bits per heavy atom. The molecular weight excluding hydrogens is 318 g/mol. The van der Waals surface area contributed by atoms with Crippen LogP contribution in [0.3, 0.4) is 0 Å². The molecule has 2 aromatic heterocycles. The molecule has 3 rings (SSSR count). The molecular formula is C15H14BrN3O. The number of pyridine rings is 1. The second kappa shape index (κ2) is 5.63. The van der Waals surface area contributed by atoms with Gasteiger partial charge in [-0.15, -0.1) is 0 Å². The summed E-state index contributed by atoms with van der Waals surface area (Å²) < 4.78 is 5.89. The molecule has 0 aliphatic rings. The molecule has 2 heterocycles. The first-order chi connectivity index (χ1) is 9.79. The van der Waals surface area contributed by atoms with Crippen LogP contribution < -0.4 is 4.74 Å². The third kappa shape index (κ3) is 2.41. The molecule has 0 aliphatic heterocycles. The summed E-state index contributed by atoms with van der Waals surface area (Å²) in [4.78, 5) is 4.54. The number of H-pyrrole nitrogens is 1. The van der Waals surface area contributed by atoms with Crippen LogP contribution >= 0.6 is 15.9 Å². The highest BCUT2D eigenvalue weighted by Gasteiger charge is 2.14. The number of aryl methyl sites for hydroxylation is 1. The lowest BCUT2D eigenvalue weighted by molar-refractivity contribution is 0.291. The maximum Gasteiger partial charge on any atom is 0.218 e. The highest BCUT2D eigenvalue weighted by Crippen LogP contribution is 2.29. The molecule has 0 radical (unpaired) electrons. The number of benzene rings is 1. The third-order valence-electron chi connectivity index (χ3n) is 3.21. The van der Waals surface area contributed by atoms with Gasteiger partial charge in [-0.05, 0) is 12.5 Å². The number of hydrogen-bond acceptors (Lipinski definition) is 3. The number of halogens is 1. The molecule has 0 bridgehead atoms. The lowest BCUT2D eigenvalue weighted by Crippen LogP contribution is -2.02. The van der Waals surface area contributed by atoms with Gasteiger partial charge in [0.1, 0.15) is 6.61 Å². The smallest absolute Gasteiger partial charge is 0.218 e. The van der Waals surface area contributed by atoms with E-state index >= 15 is 0 Å². The topological polar surface area (TPSA) is 50.8 Å².